The van der Waals surface area contributed by atoms with E-state index in [0.29, 0.717) is 25.6 Å². The van der Waals surface area contributed by atoms with Crippen LogP contribution in [-0.4, -0.2) is 63.4 Å². The molecule has 6 nitrogen and oxygen atoms in total. The van der Waals surface area contributed by atoms with Gasteiger partial charge in [0.25, 0.3) is 0 Å². The summed E-state index contributed by atoms with van der Waals surface area (Å²) >= 11 is 0. The molecule has 1 aromatic heterocycles. The van der Waals surface area contributed by atoms with Crippen molar-refractivity contribution in [2.24, 2.45) is 0 Å². The summed E-state index contributed by atoms with van der Waals surface area (Å²) in [4.78, 5) is 16.7. The molecule has 0 bridgehead atoms. The summed E-state index contributed by atoms with van der Waals surface area (Å²) in [5, 5.41) is 17.3. The number of aromatic amines is 1. The maximum absolute atomic E-state index is 13.0. The van der Waals surface area contributed by atoms with E-state index in [9.17, 15) is 9.90 Å². The summed E-state index contributed by atoms with van der Waals surface area (Å²) in [7, 11) is 0. The van der Waals surface area contributed by atoms with Gasteiger partial charge >= 0.3 is 6.03 Å². The molecule has 1 aromatic carbocycles. The molecule has 0 radical (unpaired) electrons. The molecule has 2 saturated heterocycles. The van der Waals surface area contributed by atoms with Gasteiger partial charge in [-0.15, -0.1) is 0 Å². The SMILES string of the molecule is Cc1ccc(C2CC(c3cc(C(C)C)n[nH]3)CN(C(=O)N3CC(O)C3)C2)cc1C. The number of hydrogen-bond acceptors (Lipinski definition) is 3. The molecule has 2 fully saturated rings. The largest absolute Gasteiger partial charge is 0.389 e. The van der Waals surface area contributed by atoms with E-state index in [4.69, 9.17) is 0 Å². The molecule has 2 amide bonds. The van der Waals surface area contributed by atoms with E-state index in [1.807, 2.05) is 4.90 Å². The van der Waals surface area contributed by atoms with Crippen LogP contribution in [0.2, 0.25) is 0 Å². The zero-order chi connectivity index (χ0) is 20.7. The fourth-order valence-electron chi connectivity index (χ4n) is 4.41. The Morgan fingerprint density at radius 3 is 2.38 bits per heavy atom. The summed E-state index contributed by atoms with van der Waals surface area (Å²) in [6.07, 6.45) is 0.616. The van der Waals surface area contributed by atoms with E-state index >= 15 is 0 Å². The molecular formula is C23H32N4O2. The van der Waals surface area contributed by atoms with Crippen LogP contribution in [0.1, 0.15) is 66.1 Å². The molecule has 0 spiro atoms. The molecule has 2 aliphatic heterocycles. The summed E-state index contributed by atoms with van der Waals surface area (Å²) < 4.78 is 0. The first-order valence-corrected chi connectivity index (χ1v) is 10.7. The normalized spacial score (nSPS) is 22.8. The number of benzene rings is 1. The number of carbonyl (C=O) groups excluding carboxylic acids is 1. The molecule has 2 unspecified atom stereocenters. The minimum absolute atomic E-state index is 0.0393. The van der Waals surface area contributed by atoms with Gasteiger partial charge in [0.05, 0.1) is 24.9 Å². The second kappa shape index (κ2) is 7.82. The van der Waals surface area contributed by atoms with Crippen LogP contribution < -0.4 is 0 Å². The first-order valence-electron chi connectivity index (χ1n) is 10.7. The van der Waals surface area contributed by atoms with Gasteiger partial charge in [-0.05, 0) is 48.9 Å². The number of aliphatic hydroxyl groups excluding tert-OH is 1. The smallest absolute Gasteiger partial charge is 0.320 e. The second-order valence-corrected chi connectivity index (χ2v) is 9.12. The number of β-amino-alcohol motifs (C(OH)–C–C–N with tert-alkyl or cyclic N) is 1. The third-order valence-corrected chi connectivity index (χ3v) is 6.51. The standard InChI is InChI=1S/C23H32N4O2/c1-14(2)21-9-22(25-24-21)19-8-18(17-6-5-15(3)16(4)7-17)10-26(11-19)23(29)27-12-20(28)13-27/h5-7,9,14,18-20,28H,8,10-13H2,1-4H3,(H,24,25). The van der Waals surface area contributed by atoms with E-state index < -0.39 is 0 Å². The Morgan fingerprint density at radius 2 is 1.76 bits per heavy atom. The number of piperidine rings is 1. The fourth-order valence-corrected chi connectivity index (χ4v) is 4.41. The molecule has 2 aromatic rings. The maximum atomic E-state index is 13.0. The highest BCUT2D eigenvalue weighted by Gasteiger charge is 2.37. The third-order valence-electron chi connectivity index (χ3n) is 6.51. The zero-order valence-corrected chi connectivity index (χ0v) is 17.9. The van der Waals surface area contributed by atoms with Crippen molar-refractivity contribution < 1.29 is 9.90 Å². The quantitative estimate of drug-likeness (QED) is 0.834. The van der Waals surface area contributed by atoms with Crippen LogP contribution in [0.5, 0.6) is 0 Å². The number of aromatic nitrogens is 2. The summed E-state index contributed by atoms with van der Waals surface area (Å²) in [6.45, 7) is 10.8. The van der Waals surface area contributed by atoms with E-state index in [1.54, 1.807) is 4.90 Å². The summed E-state index contributed by atoms with van der Waals surface area (Å²) in [5.41, 5.74) is 6.05. The van der Waals surface area contributed by atoms with Gasteiger partial charge < -0.3 is 14.9 Å². The predicted octanol–water partition coefficient (Wildman–Crippen LogP) is 3.52. The van der Waals surface area contributed by atoms with Crippen molar-refractivity contribution in [1.29, 1.82) is 0 Å². The van der Waals surface area contributed by atoms with Crippen molar-refractivity contribution in [2.75, 3.05) is 26.2 Å². The van der Waals surface area contributed by atoms with Crippen LogP contribution in [0.4, 0.5) is 4.79 Å². The highest BCUT2D eigenvalue weighted by atomic mass is 16.3. The lowest BCUT2D eigenvalue weighted by Crippen LogP contribution is -2.59. The topological polar surface area (TPSA) is 72.5 Å². The van der Waals surface area contributed by atoms with E-state index in [1.165, 1.54) is 16.7 Å². The Hall–Kier alpha value is -2.34. The minimum Gasteiger partial charge on any atom is -0.389 e. The summed E-state index contributed by atoms with van der Waals surface area (Å²) in [5.74, 6) is 0.888. The van der Waals surface area contributed by atoms with Crippen molar-refractivity contribution in [1.82, 2.24) is 20.0 Å². The number of nitrogens with zero attached hydrogens (tertiary/aromatic N) is 3. The number of nitrogens with one attached hydrogen (secondary N) is 1. The number of aryl methyl sites for hydroxylation is 2. The molecule has 4 rings (SSSR count). The molecule has 2 atom stereocenters. The Labute approximate surface area is 172 Å². The van der Waals surface area contributed by atoms with Crippen LogP contribution >= 0.6 is 0 Å². The predicted molar refractivity (Wildman–Crippen MR) is 113 cm³/mol. The minimum atomic E-state index is -0.378. The molecule has 156 valence electrons. The maximum Gasteiger partial charge on any atom is 0.320 e. The van der Waals surface area contributed by atoms with Crippen LogP contribution in [-0.2, 0) is 0 Å². The highest BCUT2D eigenvalue weighted by molar-refractivity contribution is 5.75. The molecule has 2 N–H and O–H groups in total. The van der Waals surface area contributed by atoms with E-state index in [2.05, 4.69) is 62.2 Å². The van der Waals surface area contributed by atoms with Gasteiger partial charge in [0.15, 0.2) is 0 Å². The van der Waals surface area contributed by atoms with Gasteiger partial charge in [0.1, 0.15) is 0 Å². The van der Waals surface area contributed by atoms with Crippen LogP contribution in [0.15, 0.2) is 24.3 Å². The van der Waals surface area contributed by atoms with E-state index in [-0.39, 0.29) is 24.0 Å². The first kappa shape index (κ1) is 20.0. The molecule has 29 heavy (non-hydrogen) atoms. The number of urea groups is 1. The number of hydrogen-bond donors (Lipinski definition) is 2. The lowest BCUT2D eigenvalue weighted by molar-refractivity contribution is 0.0116. The van der Waals surface area contributed by atoms with Crippen molar-refractivity contribution in [2.45, 2.75) is 58.0 Å². The lowest BCUT2D eigenvalue weighted by Gasteiger charge is -2.44. The number of carbonyl (C=O) groups is 1. The Bertz CT molecular complexity index is 885. The highest BCUT2D eigenvalue weighted by Crippen LogP contribution is 2.37. The number of H-pyrrole nitrogens is 1. The Morgan fingerprint density at radius 1 is 1.07 bits per heavy atom. The monoisotopic (exact) mass is 396 g/mol. The number of aliphatic hydroxyl groups is 1. The Balaban J connectivity index is 1.60. The molecule has 0 saturated carbocycles. The van der Waals surface area contributed by atoms with Crippen LogP contribution in [0.3, 0.4) is 0 Å². The number of rotatable bonds is 3. The Kier molecular flexibility index (Phi) is 5.38. The van der Waals surface area contributed by atoms with Gasteiger partial charge in [-0.25, -0.2) is 4.79 Å². The second-order valence-electron chi connectivity index (χ2n) is 9.12. The third kappa shape index (κ3) is 4.04. The van der Waals surface area contributed by atoms with Gasteiger partial charge in [-0.1, -0.05) is 32.0 Å². The average molecular weight is 397 g/mol. The molecule has 6 heteroatoms. The van der Waals surface area contributed by atoms with Crippen molar-refractivity contribution >= 4 is 6.03 Å². The number of amides is 2. The van der Waals surface area contributed by atoms with Gasteiger partial charge in [0, 0.05) is 30.6 Å². The average Bonchev–Trinajstić information content (AvgIpc) is 3.17. The van der Waals surface area contributed by atoms with Crippen LogP contribution in [0.25, 0.3) is 0 Å². The van der Waals surface area contributed by atoms with Gasteiger partial charge in [0.2, 0.25) is 0 Å². The van der Waals surface area contributed by atoms with Crippen LogP contribution in [0, 0.1) is 13.8 Å². The first-order chi connectivity index (χ1) is 13.8. The van der Waals surface area contributed by atoms with Crippen molar-refractivity contribution in [3.8, 4) is 0 Å². The van der Waals surface area contributed by atoms with Gasteiger partial charge in [-0.3, -0.25) is 5.10 Å². The zero-order valence-electron chi connectivity index (χ0n) is 17.9. The fraction of sp³-hybridized carbons (Fsp3) is 0.565. The molecule has 2 aliphatic rings. The van der Waals surface area contributed by atoms with Crippen molar-refractivity contribution in [3.63, 3.8) is 0 Å². The molecule has 0 aliphatic carbocycles. The van der Waals surface area contributed by atoms with Gasteiger partial charge in [-0.2, -0.15) is 5.10 Å². The number of likely N-dealkylation sites (tertiary alicyclic amines) is 2. The van der Waals surface area contributed by atoms with Crippen molar-refractivity contribution in [3.05, 3.63) is 52.3 Å². The lowest BCUT2D eigenvalue weighted by atomic mass is 9.82. The van der Waals surface area contributed by atoms with E-state index in [0.717, 1.165) is 24.4 Å². The molecule has 3 heterocycles. The summed E-state index contributed by atoms with van der Waals surface area (Å²) in [6, 6.07) is 8.86. The molecular weight excluding hydrogens is 364 g/mol.